The largest absolute Gasteiger partial charge is 0.397 e. The van der Waals surface area contributed by atoms with Crippen molar-refractivity contribution in [1.82, 2.24) is 0 Å². The molecule has 2 N–H and O–H groups in total. The van der Waals surface area contributed by atoms with Crippen molar-refractivity contribution in [3.05, 3.63) is 42.5 Å². The van der Waals surface area contributed by atoms with E-state index < -0.39 is 23.6 Å². The van der Waals surface area contributed by atoms with E-state index in [1.807, 2.05) is 36.4 Å². The van der Waals surface area contributed by atoms with E-state index in [1.54, 1.807) is 0 Å². The van der Waals surface area contributed by atoms with Gasteiger partial charge >= 0.3 is 10.4 Å². The topological polar surface area (TPSA) is 83.8 Å². The third-order valence-electron chi connectivity index (χ3n) is 1.36. The summed E-state index contributed by atoms with van der Waals surface area (Å²) in [7, 11) is -4.35. The fourth-order valence-electron chi connectivity index (χ4n) is 0.732. The lowest BCUT2D eigenvalue weighted by atomic mass is 10.2. The van der Waals surface area contributed by atoms with E-state index in [-0.39, 0.29) is 0 Å². The minimum Gasteiger partial charge on any atom is -0.394 e. The molecular formula is C10H14O5S. The van der Waals surface area contributed by atoms with Crippen LogP contribution in [0.4, 0.5) is 0 Å². The van der Waals surface area contributed by atoms with Crippen LogP contribution in [-0.2, 0) is 14.6 Å². The van der Waals surface area contributed by atoms with Crippen molar-refractivity contribution in [2.75, 3.05) is 13.2 Å². The van der Waals surface area contributed by atoms with E-state index in [9.17, 15) is 8.42 Å². The van der Waals surface area contributed by atoms with Gasteiger partial charge in [0.25, 0.3) is 0 Å². The highest BCUT2D eigenvalue weighted by Gasteiger charge is 2.00. The first-order chi connectivity index (χ1) is 7.49. The molecule has 0 aliphatic heterocycles. The molecule has 1 rings (SSSR count). The SMILES string of the molecule is C=Cc1ccccc1.O=S(=O)(O)OCCO. The number of hydrogen-bond acceptors (Lipinski definition) is 4. The van der Waals surface area contributed by atoms with Crippen LogP contribution in [0.1, 0.15) is 5.56 Å². The summed E-state index contributed by atoms with van der Waals surface area (Å²) in [6.45, 7) is 2.80. The summed E-state index contributed by atoms with van der Waals surface area (Å²) in [5, 5.41) is 7.93. The van der Waals surface area contributed by atoms with Gasteiger partial charge in [-0.15, -0.1) is 0 Å². The van der Waals surface area contributed by atoms with Crippen LogP contribution in [0.25, 0.3) is 6.08 Å². The van der Waals surface area contributed by atoms with Gasteiger partial charge in [0.1, 0.15) is 0 Å². The van der Waals surface area contributed by atoms with Gasteiger partial charge in [0.05, 0.1) is 13.2 Å². The molecule has 5 nitrogen and oxygen atoms in total. The molecule has 0 unspecified atom stereocenters. The Balaban J connectivity index is 0.000000281. The minimum atomic E-state index is -4.35. The zero-order valence-corrected chi connectivity index (χ0v) is 9.43. The Morgan fingerprint density at radius 3 is 2.12 bits per heavy atom. The van der Waals surface area contributed by atoms with Crippen LogP contribution in [0, 0.1) is 0 Å². The maximum atomic E-state index is 9.61. The molecule has 0 aliphatic carbocycles. The lowest BCUT2D eigenvalue weighted by molar-refractivity contribution is 0.188. The molecule has 0 spiro atoms. The molecule has 0 aromatic heterocycles. The molecule has 16 heavy (non-hydrogen) atoms. The lowest BCUT2D eigenvalue weighted by Gasteiger charge is -1.92. The Kier molecular flexibility index (Phi) is 7.40. The maximum Gasteiger partial charge on any atom is 0.397 e. The fraction of sp³-hybridized carbons (Fsp3) is 0.200. The van der Waals surface area contributed by atoms with Crippen molar-refractivity contribution in [3.63, 3.8) is 0 Å². The summed E-state index contributed by atoms with van der Waals surface area (Å²) >= 11 is 0. The summed E-state index contributed by atoms with van der Waals surface area (Å²) in [6, 6.07) is 10.0. The molecule has 0 saturated carbocycles. The van der Waals surface area contributed by atoms with Gasteiger partial charge in [-0.3, -0.25) is 4.55 Å². The van der Waals surface area contributed by atoms with Crippen LogP contribution >= 0.6 is 0 Å². The zero-order chi connectivity index (χ0) is 12.4. The molecule has 6 heteroatoms. The summed E-state index contributed by atoms with van der Waals surface area (Å²) in [6.07, 6.45) is 1.83. The molecule has 0 saturated heterocycles. The maximum absolute atomic E-state index is 9.61. The second-order valence-corrected chi connectivity index (χ2v) is 3.68. The molecule has 0 heterocycles. The monoisotopic (exact) mass is 246 g/mol. The van der Waals surface area contributed by atoms with Crippen LogP contribution in [0.5, 0.6) is 0 Å². The van der Waals surface area contributed by atoms with E-state index in [2.05, 4.69) is 10.8 Å². The lowest BCUT2D eigenvalue weighted by Crippen LogP contribution is -2.06. The van der Waals surface area contributed by atoms with Gasteiger partial charge in [-0.1, -0.05) is 43.0 Å². The van der Waals surface area contributed by atoms with Crippen molar-refractivity contribution in [2.45, 2.75) is 0 Å². The first kappa shape index (κ1) is 14.8. The van der Waals surface area contributed by atoms with Gasteiger partial charge in [0, 0.05) is 0 Å². The van der Waals surface area contributed by atoms with Crippen molar-refractivity contribution in [3.8, 4) is 0 Å². The summed E-state index contributed by atoms with van der Waals surface area (Å²) < 4.78 is 30.7. The van der Waals surface area contributed by atoms with Crippen molar-refractivity contribution >= 4 is 16.5 Å². The highest BCUT2D eigenvalue weighted by molar-refractivity contribution is 7.80. The van der Waals surface area contributed by atoms with E-state index in [0.717, 1.165) is 0 Å². The zero-order valence-electron chi connectivity index (χ0n) is 8.61. The third kappa shape index (κ3) is 9.35. The number of benzene rings is 1. The first-order valence-electron chi connectivity index (χ1n) is 4.40. The number of aliphatic hydroxyl groups is 1. The normalized spacial score (nSPS) is 10.1. The smallest absolute Gasteiger partial charge is 0.394 e. The molecule has 0 bridgehead atoms. The van der Waals surface area contributed by atoms with Gasteiger partial charge in [-0.05, 0) is 5.56 Å². The predicted molar refractivity (Wildman–Crippen MR) is 61.1 cm³/mol. The first-order valence-corrected chi connectivity index (χ1v) is 5.76. The van der Waals surface area contributed by atoms with Crippen LogP contribution in [0.3, 0.4) is 0 Å². The fourth-order valence-corrected chi connectivity index (χ4v) is 1.02. The summed E-state index contributed by atoms with van der Waals surface area (Å²) in [5.74, 6) is 0. The summed E-state index contributed by atoms with van der Waals surface area (Å²) in [5.41, 5.74) is 1.17. The average molecular weight is 246 g/mol. The third-order valence-corrected chi connectivity index (χ3v) is 1.82. The van der Waals surface area contributed by atoms with Gasteiger partial charge in [-0.2, -0.15) is 8.42 Å². The van der Waals surface area contributed by atoms with Gasteiger partial charge in [0.15, 0.2) is 0 Å². The number of hydrogen-bond donors (Lipinski definition) is 2. The quantitative estimate of drug-likeness (QED) is 0.778. The van der Waals surface area contributed by atoms with E-state index in [4.69, 9.17) is 9.66 Å². The molecule has 1 aromatic carbocycles. The highest BCUT2D eigenvalue weighted by Crippen LogP contribution is 1.97. The van der Waals surface area contributed by atoms with E-state index in [0.29, 0.717) is 0 Å². The molecule has 1 aromatic rings. The Labute approximate surface area is 95.0 Å². The Morgan fingerprint density at radius 2 is 1.88 bits per heavy atom. The van der Waals surface area contributed by atoms with E-state index >= 15 is 0 Å². The molecule has 90 valence electrons. The molecular weight excluding hydrogens is 232 g/mol. The molecule has 0 radical (unpaired) electrons. The van der Waals surface area contributed by atoms with Crippen LogP contribution in [-0.4, -0.2) is 31.3 Å². The van der Waals surface area contributed by atoms with Gasteiger partial charge < -0.3 is 5.11 Å². The molecule has 0 aliphatic rings. The van der Waals surface area contributed by atoms with Crippen molar-refractivity contribution in [2.24, 2.45) is 0 Å². The van der Waals surface area contributed by atoms with E-state index in [1.165, 1.54) is 5.56 Å². The average Bonchev–Trinajstić information content (AvgIpc) is 2.27. The second kappa shape index (κ2) is 8.00. The minimum absolute atomic E-state index is 0.404. The second-order valence-electron chi connectivity index (χ2n) is 2.59. The van der Waals surface area contributed by atoms with Crippen LogP contribution < -0.4 is 0 Å². The molecule has 0 amide bonds. The standard InChI is InChI=1S/C8H8.C2H6O5S/c1-2-8-6-4-3-5-7-8;3-1-2-7-8(4,5)6/h2-7H,1H2;3H,1-2H2,(H,4,5,6). The number of rotatable bonds is 4. The predicted octanol–water partition coefficient (Wildman–Crippen LogP) is 1.13. The Hall–Kier alpha value is -1.21. The van der Waals surface area contributed by atoms with Crippen LogP contribution in [0.2, 0.25) is 0 Å². The number of aliphatic hydroxyl groups excluding tert-OH is 1. The molecule has 0 fully saturated rings. The van der Waals surface area contributed by atoms with Gasteiger partial charge in [-0.25, -0.2) is 4.18 Å². The van der Waals surface area contributed by atoms with Crippen molar-refractivity contribution < 1.29 is 22.3 Å². The van der Waals surface area contributed by atoms with Crippen LogP contribution in [0.15, 0.2) is 36.9 Å². The van der Waals surface area contributed by atoms with Gasteiger partial charge in [0.2, 0.25) is 0 Å². The molecule has 0 atom stereocenters. The highest BCUT2D eigenvalue weighted by atomic mass is 32.3. The Bertz CT molecular complexity index is 385. The Morgan fingerprint density at radius 1 is 1.31 bits per heavy atom. The van der Waals surface area contributed by atoms with Crippen molar-refractivity contribution in [1.29, 1.82) is 0 Å². The summed E-state index contributed by atoms with van der Waals surface area (Å²) in [4.78, 5) is 0.